The Morgan fingerprint density at radius 3 is 1.30 bits per heavy atom. The number of nitrogens with two attached hydrogens (primary N) is 1. The van der Waals surface area contributed by atoms with Gasteiger partial charge in [-0.05, 0) is 177 Å². The predicted molar refractivity (Wildman–Crippen MR) is 351 cm³/mol. The molecule has 0 spiro atoms. The molecule has 6 aromatic carbocycles. The number of ether oxygens (including phenoxy) is 5. The number of rotatable bonds is 19. The van der Waals surface area contributed by atoms with Gasteiger partial charge in [-0.2, -0.15) is 35.1 Å². The van der Waals surface area contributed by atoms with E-state index in [-0.39, 0.29) is 72.7 Å². The molecular formula is C68H62B2Cl3F8N5O9U. The average molecular weight is 1610 g/mol. The fraction of sp³-hybridized carbons (Fsp3) is 0.221. The SMILES string of the molecule is CC1(C)OB(c2ccc(F)nc2)OC1(C)C.CN(CC(N)=O)c1ccc(Cc2ccc(OC(F)F)c(-c3cccc(Cl)c3)c2)cn1.COC(=O)OCc1ccc(OC(F)F)c(-c2cccc(Cl)c2)c1.Fc1ccc(Cc2ccc(OC(F)F)c(-c3cccc(Cl)c3)c2)cn1.[2H][B].[U]. The second kappa shape index (κ2) is 37.0. The molecule has 1 amide bonds. The molecule has 1 aliphatic heterocycles. The third kappa shape index (κ3) is 24.0. The Labute approximate surface area is 592 Å². The van der Waals surface area contributed by atoms with E-state index in [2.05, 4.69) is 42.3 Å². The number of aromatic nitrogens is 3. The molecular weight excluding hydrogens is 1550 g/mol. The minimum atomic E-state index is -2.95. The number of carbonyl (C=O) groups excluding carboxylic acids is 2. The first-order valence-electron chi connectivity index (χ1n) is 29.0. The number of nitrogens with zero attached hydrogens (tertiary/aromatic N) is 4. The summed E-state index contributed by atoms with van der Waals surface area (Å²) in [4.78, 5) is 35.3. The second-order valence-corrected chi connectivity index (χ2v) is 22.9. The zero-order valence-electron chi connectivity index (χ0n) is 53.2. The number of methoxy groups -OCH3 is 1. The van der Waals surface area contributed by atoms with Crippen LogP contribution in [0.1, 0.15) is 55.5 Å². The summed E-state index contributed by atoms with van der Waals surface area (Å²) in [6.07, 6.45) is 4.78. The van der Waals surface area contributed by atoms with Gasteiger partial charge in [-0.1, -0.05) is 108 Å². The summed E-state index contributed by atoms with van der Waals surface area (Å²) in [6.45, 7) is -0.893. The number of hydrogen-bond donors (Lipinski definition) is 1. The summed E-state index contributed by atoms with van der Waals surface area (Å²) in [5.74, 6) is -0.718. The monoisotopic (exact) mass is 1610 g/mol. The molecule has 1 aliphatic rings. The Balaban J connectivity index is 0.000000235. The van der Waals surface area contributed by atoms with Crippen LogP contribution >= 0.6 is 34.8 Å². The van der Waals surface area contributed by atoms with Crippen molar-refractivity contribution in [1.82, 2.24) is 15.0 Å². The maximum absolute atomic E-state index is 12.9. The molecule has 0 saturated carbocycles. The van der Waals surface area contributed by atoms with Gasteiger partial charge in [0.15, 0.2) is 0 Å². The molecule has 1 fully saturated rings. The van der Waals surface area contributed by atoms with E-state index in [0.717, 1.165) is 27.7 Å². The molecule has 14 nitrogen and oxygen atoms in total. The standard InChI is InChI=1S/C22H20ClF2N3O2.C19H13ClF3NO.C16H13ClF2O4.C11H15BFNO2.BH.U/c1-28(13-20(26)29)21-8-6-15(12-27-21)9-14-5-7-19(30-22(24)25)18(10-14)16-3-2-4-17(23)11-16;20-15-3-1-2-14(10-15)16-9-12(4-6-17(16)25-19(22)23)8-13-5-7-18(21)24-11-13;1-21-16(20)22-9-10-5-6-14(23-15(18)19)13(7-10)11-3-2-4-12(17)8-11;1-10(2)11(3,4)16-12(15-10)8-5-6-9(13)14-7-8;;/h2-8,10-12,22H,9,13H2,1H3,(H2,26,29);1-7,9-11,19H,8H2;2-8,15H,9H2,1H3;5-7H,1-4H3;1H;/i;;;;1D;. The van der Waals surface area contributed by atoms with Crippen molar-refractivity contribution in [3.05, 3.63) is 237 Å². The number of halogens is 11. The number of pyridine rings is 3. The van der Waals surface area contributed by atoms with E-state index in [1.807, 2.05) is 33.8 Å². The van der Waals surface area contributed by atoms with Gasteiger partial charge >= 0.3 is 33.1 Å². The van der Waals surface area contributed by atoms with Gasteiger partial charge in [0.1, 0.15) is 29.7 Å². The Kier molecular flexibility index (Phi) is 29.7. The number of hydrogen-bond acceptors (Lipinski definition) is 13. The first kappa shape index (κ1) is 77.1. The molecule has 0 bridgehead atoms. The van der Waals surface area contributed by atoms with Crippen molar-refractivity contribution >= 4 is 73.6 Å². The quantitative estimate of drug-likeness (QED) is 0.0352. The van der Waals surface area contributed by atoms with Crippen LogP contribution in [0.25, 0.3) is 33.4 Å². The van der Waals surface area contributed by atoms with Gasteiger partial charge in [-0.15, -0.1) is 0 Å². The third-order valence-electron chi connectivity index (χ3n) is 14.2. The largest absolute Gasteiger partial charge is 0.508 e. The summed E-state index contributed by atoms with van der Waals surface area (Å²) in [5.41, 5.74) is 12.6. The average Bonchev–Trinajstić information content (AvgIpc) is 1.68. The molecule has 0 unspecified atom stereocenters. The zero-order valence-corrected chi connectivity index (χ0v) is 58.7. The molecule has 2 N–H and O–H groups in total. The summed E-state index contributed by atoms with van der Waals surface area (Å²) >= 11 is 18.0. The van der Waals surface area contributed by atoms with Crippen LogP contribution in [0.2, 0.25) is 15.1 Å². The fourth-order valence-electron chi connectivity index (χ4n) is 9.03. The summed E-state index contributed by atoms with van der Waals surface area (Å²) in [6, 6.07) is 44.6. The molecule has 28 heteroatoms. The fourth-order valence-corrected chi connectivity index (χ4v) is 9.60. The minimum Gasteiger partial charge on any atom is -0.438 e. The van der Waals surface area contributed by atoms with Crippen molar-refractivity contribution < 1.29 is 109 Å². The van der Waals surface area contributed by atoms with Gasteiger partial charge < -0.3 is 43.6 Å². The van der Waals surface area contributed by atoms with E-state index in [1.54, 1.807) is 139 Å². The molecule has 96 heavy (non-hydrogen) atoms. The van der Waals surface area contributed by atoms with Crippen LogP contribution in [-0.2, 0) is 43.0 Å². The molecule has 4 heterocycles. The minimum absolute atomic E-state index is 0. The van der Waals surface area contributed by atoms with Crippen LogP contribution in [0.15, 0.2) is 182 Å². The first-order chi connectivity index (χ1) is 45.6. The molecule has 3 aromatic heterocycles. The molecule has 1 saturated heterocycles. The van der Waals surface area contributed by atoms with Crippen LogP contribution in [0, 0.1) is 43.0 Å². The van der Waals surface area contributed by atoms with Crippen molar-refractivity contribution in [3.63, 3.8) is 0 Å². The van der Waals surface area contributed by atoms with Gasteiger partial charge in [-0.25, -0.2) is 19.7 Å². The van der Waals surface area contributed by atoms with E-state index in [1.165, 1.54) is 55.9 Å². The van der Waals surface area contributed by atoms with Gasteiger partial charge in [0.25, 0.3) is 0 Å². The topological polar surface area (TPSA) is 167 Å². The van der Waals surface area contributed by atoms with Crippen LogP contribution in [-0.4, -0.2) is 95.6 Å². The number of primary amides is 1. The number of benzene rings is 6. The second-order valence-electron chi connectivity index (χ2n) is 21.6. The van der Waals surface area contributed by atoms with Crippen LogP contribution in [0.5, 0.6) is 17.2 Å². The van der Waals surface area contributed by atoms with Crippen molar-refractivity contribution in [2.45, 2.75) is 78.2 Å². The van der Waals surface area contributed by atoms with E-state index in [4.69, 9.17) is 55.9 Å². The number of likely N-dealkylation sites (N-methyl/N-ethyl adjacent to an activating group) is 1. The van der Waals surface area contributed by atoms with E-state index in [0.29, 0.717) is 72.7 Å². The van der Waals surface area contributed by atoms with Gasteiger partial charge in [-0.3, -0.25) is 4.79 Å². The zero-order chi connectivity index (χ0) is 70.3. The van der Waals surface area contributed by atoms with Crippen LogP contribution in [0.4, 0.5) is 45.7 Å². The van der Waals surface area contributed by atoms with Crippen molar-refractivity contribution in [3.8, 4) is 50.6 Å². The van der Waals surface area contributed by atoms with Crippen molar-refractivity contribution in [2.75, 3.05) is 25.6 Å². The molecule has 0 atom stereocenters. The maximum Gasteiger partial charge on any atom is 0.508 e. The molecule has 9 aromatic rings. The smallest absolute Gasteiger partial charge is 0.438 e. The van der Waals surface area contributed by atoms with Crippen molar-refractivity contribution in [2.24, 2.45) is 5.73 Å². The van der Waals surface area contributed by atoms with E-state index in [9.17, 15) is 44.7 Å². The number of anilines is 1. The Hall–Kier alpha value is -7.88. The molecule has 10 rings (SSSR count). The van der Waals surface area contributed by atoms with Gasteiger partial charge in [0.2, 0.25) is 17.8 Å². The third-order valence-corrected chi connectivity index (χ3v) is 14.9. The van der Waals surface area contributed by atoms with Gasteiger partial charge in [0, 0.05) is 102 Å². The number of carbonyl (C=O) groups is 2. The molecule has 500 valence electrons. The number of amides is 1. The Morgan fingerprint density at radius 1 is 0.562 bits per heavy atom. The molecule has 2 radical (unpaired) electrons. The first-order valence-corrected chi connectivity index (χ1v) is 29.5. The normalized spacial score (nSPS) is 12.5. The van der Waals surface area contributed by atoms with E-state index < -0.39 is 50.9 Å². The predicted octanol–water partition coefficient (Wildman–Crippen LogP) is 16.0. The maximum atomic E-state index is 12.9. The number of alkyl halides is 6. The van der Waals surface area contributed by atoms with Crippen LogP contribution < -0.4 is 30.3 Å². The Morgan fingerprint density at radius 2 is 0.948 bits per heavy atom. The van der Waals surface area contributed by atoms with Crippen molar-refractivity contribution in [1.29, 1.82) is 1.34 Å². The summed E-state index contributed by atoms with van der Waals surface area (Å²) in [7, 11) is 6.20. The van der Waals surface area contributed by atoms with Gasteiger partial charge in [0.05, 0.1) is 24.9 Å². The summed E-state index contributed by atoms with van der Waals surface area (Å²) in [5, 5.41) is 1.45. The molecule has 0 aliphatic carbocycles. The van der Waals surface area contributed by atoms with Crippen LogP contribution in [0.3, 0.4) is 0 Å². The van der Waals surface area contributed by atoms with E-state index >= 15 is 0 Å². The Bertz CT molecular complexity index is 3990. The summed E-state index contributed by atoms with van der Waals surface area (Å²) < 4.78 is 142.